The number of nitrogens with zero attached hydrogens (tertiary/aromatic N) is 1. The molecular weight excluding hydrogens is 248 g/mol. The quantitative estimate of drug-likeness (QED) is 0.687. The Labute approximate surface area is 119 Å². The third-order valence-corrected chi connectivity index (χ3v) is 2.76. The largest absolute Gasteiger partial charge is 0.455 e. The second-order valence-electron chi connectivity index (χ2n) is 4.02. The molecule has 0 unspecified atom stereocenters. The molecule has 0 spiro atoms. The number of pyridine rings is 1. The van der Waals surface area contributed by atoms with Crippen molar-refractivity contribution >= 4 is 16.5 Å². The standard InChI is InChI=1S/C15H12N2O.C2H6/c16-14-3-1-2-4-15(14)18-13-6-5-11-7-8-17-10-12(11)9-13;1-2/h1-10H,16H2;1-2H3. The zero-order valence-electron chi connectivity index (χ0n) is 11.7. The first-order valence-electron chi connectivity index (χ1n) is 6.69. The molecule has 102 valence electrons. The first-order valence-corrected chi connectivity index (χ1v) is 6.69. The number of nitrogen functional groups attached to an aromatic ring is 1. The van der Waals surface area contributed by atoms with Gasteiger partial charge in [0.2, 0.25) is 0 Å². The minimum atomic E-state index is 0.629. The van der Waals surface area contributed by atoms with Crippen molar-refractivity contribution in [3.8, 4) is 11.5 Å². The van der Waals surface area contributed by atoms with Gasteiger partial charge in [-0.1, -0.05) is 32.0 Å². The Bertz CT molecular complexity index is 695. The summed E-state index contributed by atoms with van der Waals surface area (Å²) in [4.78, 5) is 4.10. The molecule has 3 aromatic rings. The Balaban J connectivity index is 0.000000704. The van der Waals surface area contributed by atoms with Crippen LogP contribution in [0.5, 0.6) is 11.5 Å². The van der Waals surface area contributed by atoms with E-state index in [4.69, 9.17) is 10.5 Å². The van der Waals surface area contributed by atoms with Gasteiger partial charge in [0.1, 0.15) is 11.5 Å². The Kier molecular flexibility index (Phi) is 4.56. The summed E-state index contributed by atoms with van der Waals surface area (Å²) < 4.78 is 5.76. The van der Waals surface area contributed by atoms with Crippen molar-refractivity contribution in [3.63, 3.8) is 0 Å². The third-order valence-electron chi connectivity index (χ3n) is 2.76. The van der Waals surface area contributed by atoms with Gasteiger partial charge in [-0.3, -0.25) is 4.98 Å². The lowest BCUT2D eigenvalue weighted by molar-refractivity contribution is 0.486. The number of hydrogen-bond acceptors (Lipinski definition) is 3. The van der Waals surface area contributed by atoms with Gasteiger partial charge >= 0.3 is 0 Å². The van der Waals surface area contributed by atoms with E-state index in [1.807, 2.05) is 68.6 Å². The molecule has 3 rings (SSSR count). The molecule has 0 radical (unpaired) electrons. The van der Waals surface area contributed by atoms with Gasteiger partial charge in [-0.2, -0.15) is 0 Å². The van der Waals surface area contributed by atoms with E-state index < -0.39 is 0 Å². The third kappa shape index (κ3) is 3.06. The fourth-order valence-electron chi connectivity index (χ4n) is 1.83. The van der Waals surface area contributed by atoms with E-state index >= 15 is 0 Å². The number of ether oxygens (including phenoxy) is 1. The highest BCUT2D eigenvalue weighted by molar-refractivity contribution is 5.82. The highest BCUT2D eigenvalue weighted by Crippen LogP contribution is 2.28. The molecule has 0 atom stereocenters. The summed E-state index contributed by atoms with van der Waals surface area (Å²) in [7, 11) is 0. The summed E-state index contributed by atoms with van der Waals surface area (Å²) in [6, 6.07) is 15.3. The number of benzene rings is 2. The minimum absolute atomic E-state index is 0.629. The van der Waals surface area contributed by atoms with E-state index in [1.54, 1.807) is 6.20 Å². The van der Waals surface area contributed by atoms with E-state index in [0.29, 0.717) is 11.4 Å². The normalized spacial score (nSPS) is 9.70. The molecule has 20 heavy (non-hydrogen) atoms. The first kappa shape index (κ1) is 13.9. The Morgan fingerprint density at radius 1 is 0.950 bits per heavy atom. The lowest BCUT2D eigenvalue weighted by Gasteiger charge is -2.08. The molecule has 2 aromatic carbocycles. The maximum absolute atomic E-state index is 5.84. The maximum atomic E-state index is 5.84. The molecule has 0 fully saturated rings. The van der Waals surface area contributed by atoms with Crippen LogP contribution in [0.25, 0.3) is 10.8 Å². The van der Waals surface area contributed by atoms with Crippen molar-refractivity contribution in [3.05, 3.63) is 60.9 Å². The number of fused-ring (bicyclic) bond motifs is 1. The summed E-state index contributed by atoms with van der Waals surface area (Å²) in [5.74, 6) is 1.43. The molecule has 0 amide bonds. The lowest BCUT2D eigenvalue weighted by atomic mass is 10.2. The zero-order chi connectivity index (χ0) is 14.4. The molecule has 0 saturated carbocycles. The average Bonchev–Trinajstić information content (AvgIpc) is 2.51. The van der Waals surface area contributed by atoms with Crippen LogP contribution < -0.4 is 10.5 Å². The predicted molar refractivity (Wildman–Crippen MR) is 84.0 cm³/mol. The molecule has 3 nitrogen and oxygen atoms in total. The average molecular weight is 266 g/mol. The smallest absolute Gasteiger partial charge is 0.150 e. The Morgan fingerprint density at radius 3 is 2.55 bits per heavy atom. The van der Waals surface area contributed by atoms with E-state index in [9.17, 15) is 0 Å². The second kappa shape index (κ2) is 6.57. The van der Waals surface area contributed by atoms with Crippen LogP contribution in [0.4, 0.5) is 5.69 Å². The molecule has 0 aliphatic rings. The van der Waals surface area contributed by atoms with Gasteiger partial charge in [0.25, 0.3) is 0 Å². The number of aromatic nitrogens is 1. The summed E-state index contributed by atoms with van der Waals surface area (Å²) >= 11 is 0. The molecule has 1 aromatic heterocycles. The Hall–Kier alpha value is -2.55. The van der Waals surface area contributed by atoms with Gasteiger partial charge < -0.3 is 10.5 Å². The van der Waals surface area contributed by atoms with E-state index in [1.165, 1.54) is 0 Å². The topological polar surface area (TPSA) is 48.1 Å². The van der Waals surface area contributed by atoms with Crippen LogP contribution in [0.15, 0.2) is 60.9 Å². The second-order valence-corrected chi connectivity index (χ2v) is 4.02. The molecule has 1 heterocycles. The Morgan fingerprint density at radius 2 is 1.75 bits per heavy atom. The van der Waals surface area contributed by atoms with Crippen molar-refractivity contribution in [2.45, 2.75) is 13.8 Å². The van der Waals surface area contributed by atoms with E-state index in [-0.39, 0.29) is 0 Å². The highest BCUT2D eigenvalue weighted by Gasteiger charge is 2.02. The monoisotopic (exact) mass is 266 g/mol. The van der Waals surface area contributed by atoms with Gasteiger partial charge in [0.15, 0.2) is 0 Å². The van der Waals surface area contributed by atoms with E-state index in [2.05, 4.69) is 4.98 Å². The van der Waals surface area contributed by atoms with Crippen molar-refractivity contribution in [2.24, 2.45) is 0 Å². The minimum Gasteiger partial charge on any atom is -0.455 e. The fourth-order valence-corrected chi connectivity index (χ4v) is 1.83. The van der Waals surface area contributed by atoms with Crippen LogP contribution in [-0.4, -0.2) is 4.98 Å². The van der Waals surface area contributed by atoms with Crippen molar-refractivity contribution in [1.29, 1.82) is 0 Å². The molecule has 0 aliphatic heterocycles. The lowest BCUT2D eigenvalue weighted by Crippen LogP contribution is -1.91. The number of anilines is 1. The molecule has 0 aliphatic carbocycles. The van der Waals surface area contributed by atoms with Gasteiger partial charge in [-0.25, -0.2) is 0 Å². The maximum Gasteiger partial charge on any atom is 0.150 e. The summed E-state index contributed by atoms with van der Waals surface area (Å²) in [5.41, 5.74) is 6.47. The molecular formula is C17H18N2O. The van der Waals surface area contributed by atoms with Crippen LogP contribution in [0.1, 0.15) is 13.8 Å². The summed E-state index contributed by atoms with van der Waals surface area (Å²) in [6.07, 6.45) is 3.59. The highest BCUT2D eigenvalue weighted by atomic mass is 16.5. The zero-order valence-corrected chi connectivity index (χ0v) is 11.7. The molecule has 0 bridgehead atoms. The summed E-state index contributed by atoms with van der Waals surface area (Å²) in [6.45, 7) is 4.00. The van der Waals surface area contributed by atoms with Crippen LogP contribution in [0.3, 0.4) is 0 Å². The van der Waals surface area contributed by atoms with Crippen molar-refractivity contribution in [2.75, 3.05) is 5.73 Å². The van der Waals surface area contributed by atoms with Gasteiger partial charge in [0.05, 0.1) is 5.69 Å². The van der Waals surface area contributed by atoms with Gasteiger partial charge in [-0.15, -0.1) is 0 Å². The first-order chi connectivity index (χ1) is 9.83. The van der Waals surface area contributed by atoms with Crippen LogP contribution in [0.2, 0.25) is 0 Å². The van der Waals surface area contributed by atoms with Crippen LogP contribution >= 0.6 is 0 Å². The van der Waals surface area contributed by atoms with Crippen molar-refractivity contribution in [1.82, 2.24) is 4.98 Å². The molecule has 2 N–H and O–H groups in total. The number of hydrogen-bond donors (Lipinski definition) is 1. The fraction of sp³-hybridized carbons (Fsp3) is 0.118. The summed E-state index contributed by atoms with van der Waals surface area (Å²) in [5, 5.41) is 2.18. The molecule has 3 heteroatoms. The predicted octanol–water partition coefficient (Wildman–Crippen LogP) is 4.64. The van der Waals surface area contributed by atoms with Gasteiger partial charge in [0, 0.05) is 17.8 Å². The number of rotatable bonds is 2. The van der Waals surface area contributed by atoms with Crippen LogP contribution in [-0.2, 0) is 0 Å². The van der Waals surface area contributed by atoms with Crippen LogP contribution in [0, 0.1) is 0 Å². The molecule has 0 saturated heterocycles. The number of para-hydroxylation sites is 2. The SMILES string of the molecule is CC.Nc1ccccc1Oc1ccc2ccncc2c1. The van der Waals surface area contributed by atoms with Gasteiger partial charge in [-0.05, 0) is 35.7 Å². The van der Waals surface area contributed by atoms with E-state index in [0.717, 1.165) is 16.5 Å². The number of nitrogens with two attached hydrogens (primary N) is 1. The van der Waals surface area contributed by atoms with Crippen molar-refractivity contribution < 1.29 is 4.74 Å².